The Kier molecular flexibility index (Phi) is 4.00. The molecule has 6 nitrogen and oxygen atoms in total. The van der Waals surface area contributed by atoms with Crippen molar-refractivity contribution >= 4 is 21.6 Å². The summed E-state index contributed by atoms with van der Waals surface area (Å²) in [6.07, 6.45) is 1.11. The summed E-state index contributed by atoms with van der Waals surface area (Å²) in [7, 11) is -1.51. The third-order valence-electron chi connectivity index (χ3n) is 1.49. The molecule has 8 heteroatoms. The molecule has 0 aliphatic heterocycles. The molecule has 1 rings (SSSR count). The second kappa shape index (κ2) is 4.86. The van der Waals surface area contributed by atoms with E-state index in [4.69, 9.17) is 11.6 Å². The molecule has 0 aliphatic carbocycles. The summed E-state index contributed by atoms with van der Waals surface area (Å²) in [4.78, 5) is 12.6. The Labute approximate surface area is 92.3 Å². The van der Waals surface area contributed by atoms with E-state index in [9.17, 15) is 8.42 Å². The van der Waals surface area contributed by atoms with E-state index in [-0.39, 0.29) is 10.0 Å². The molecule has 0 spiro atoms. The Bertz CT molecular complexity index is 415. The molecule has 84 valence electrons. The first kappa shape index (κ1) is 12.3. The van der Waals surface area contributed by atoms with Crippen molar-refractivity contribution in [2.75, 3.05) is 14.2 Å². The summed E-state index contributed by atoms with van der Waals surface area (Å²) in [6, 6.07) is 2.66. The average molecular weight is 253 g/mol. The number of hydrogen-bond acceptors (Lipinski definition) is 5. The minimum Gasteiger partial charge on any atom is -0.264 e. The highest BCUT2D eigenvalue weighted by Gasteiger charge is 2.25. The fourth-order valence-corrected chi connectivity index (χ4v) is 1.97. The van der Waals surface area contributed by atoms with Crippen LogP contribution in [0.1, 0.15) is 0 Å². The lowest BCUT2D eigenvalue weighted by molar-refractivity contribution is -0.270. The van der Waals surface area contributed by atoms with Gasteiger partial charge in [-0.05, 0) is 12.1 Å². The predicted octanol–water partition coefficient (Wildman–Crippen LogP) is 0.849. The molecule has 0 amide bonds. The number of rotatable bonds is 4. The van der Waals surface area contributed by atoms with Gasteiger partial charge in [0, 0.05) is 6.20 Å². The Morgan fingerprint density at radius 3 is 2.33 bits per heavy atom. The fourth-order valence-electron chi connectivity index (χ4n) is 0.872. The zero-order valence-corrected chi connectivity index (χ0v) is 9.62. The molecule has 1 heterocycles. The maximum atomic E-state index is 11.7. The standard InChI is InChI=1S/C7H9ClN2O4S/c1-13-10(14-2)15(11,12)6-3-4-7(8)9-5-6/h3-5H,1-2H3. The van der Waals surface area contributed by atoms with E-state index in [1.807, 2.05) is 0 Å². The number of sulfonamides is 1. The molecule has 0 bridgehead atoms. The van der Waals surface area contributed by atoms with E-state index < -0.39 is 10.0 Å². The van der Waals surface area contributed by atoms with Crippen LogP contribution in [0.15, 0.2) is 23.2 Å². The van der Waals surface area contributed by atoms with E-state index in [0.29, 0.717) is 4.63 Å². The molecule has 0 fully saturated rings. The summed E-state index contributed by atoms with van der Waals surface area (Å²) < 4.78 is 23.8. The first-order valence-electron chi connectivity index (χ1n) is 3.77. The summed E-state index contributed by atoms with van der Waals surface area (Å²) in [5, 5.41) is 0.204. The van der Waals surface area contributed by atoms with Crippen LogP contribution >= 0.6 is 11.6 Å². The molecule has 0 aromatic carbocycles. The molecular formula is C7H9ClN2O4S. The molecule has 1 aromatic heterocycles. The molecule has 0 saturated heterocycles. The second-order valence-corrected chi connectivity index (χ2v) is 4.49. The molecule has 0 atom stereocenters. The summed E-state index contributed by atoms with van der Waals surface area (Å²) in [6.45, 7) is 0. The molecule has 0 radical (unpaired) electrons. The highest BCUT2D eigenvalue weighted by Crippen LogP contribution is 2.16. The highest BCUT2D eigenvalue weighted by atomic mass is 35.5. The van der Waals surface area contributed by atoms with Crippen LogP contribution in [0.2, 0.25) is 5.15 Å². The van der Waals surface area contributed by atoms with E-state index in [1.165, 1.54) is 26.4 Å². The van der Waals surface area contributed by atoms with Crippen molar-refractivity contribution in [3.8, 4) is 0 Å². The van der Waals surface area contributed by atoms with Crippen LogP contribution in [-0.4, -0.2) is 32.3 Å². The molecule has 0 saturated carbocycles. The van der Waals surface area contributed by atoms with Crippen molar-refractivity contribution in [1.29, 1.82) is 0 Å². The van der Waals surface area contributed by atoms with Gasteiger partial charge < -0.3 is 0 Å². The molecule has 0 aliphatic rings. The molecule has 15 heavy (non-hydrogen) atoms. The zero-order valence-electron chi connectivity index (χ0n) is 8.05. The van der Waals surface area contributed by atoms with Gasteiger partial charge in [0.15, 0.2) is 0 Å². The van der Waals surface area contributed by atoms with Crippen LogP contribution in [0.4, 0.5) is 0 Å². The second-order valence-electron chi connectivity index (χ2n) is 2.38. The van der Waals surface area contributed by atoms with Crippen molar-refractivity contribution in [2.24, 2.45) is 0 Å². The van der Waals surface area contributed by atoms with Gasteiger partial charge in [0.1, 0.15) is 10.0 Å². The van der Waals surface area contributed by atoms with Crippen molar-refractivity contribution in [2.45, 2.75) is 4.90 Å². The first-order chi connectivity index (χ1) is 7.02. The van der Waals surface area contributed by atoms with Crippen molar-refractivity contribution in [3.63, 3.8) is 0 Å². The van der Waals surface area contributed by atoms with Crippen LogP contribution in [-0.2, 0) is 19.7 Å². The number of hydrogen-bond donors (Lipinski definition) is 0. The van der Waals surface area contributed by atoms with Crippen molar-refractivity contribution in [3.05, 3.63) is 23.5 Å². The zero-order chi connectivity index (χ0) is 11.5. The van der Waals surface area contributed by atoms with Crippen LogP contribution in [0, 0.1) is 0 Å². The van der Waals surface area contributed by atoms with Gasteiger partial charge in [-0.25, -0.2) is 13.4 Å². The van der Waals surface area contributed by atoms with Gasteiger partial charge in [-0.1, -0.05) is 11.6 Å². The summed E-state index contributed by atoms with van der Waals surface area (Å²) in [5.74, 6) is 0. The highest BCUT2D eigenvalue weighted by molar-refractivity contribution is 7.88. The Morgan fingerprint density at radius 2 is 1.93 bits per heavy atom. The van der Waals surface area contributed by atoms with Gasteiger partial charge in [0.05, 0.1) is 18.9 Å². The van der Waals surface area contributed by atoms with Gasteiger partial charge >= 0.3 is 0 Å². The Hall–Kier alpha value is -0.730. The summed E-state index contributed by atoms with van der Waals surface area (Å²) in [5.41, 5.74) is 0. The monoisotopic (exact) mass is 252 g/mol. The summed E-state index contributed by atoms with van der Waals surface area (Å²) >= 11 is 5.53. The minimum absolute atomic E-state index is 0.0735. The Balaban J connectivity index is 3.11. The van der Waals surface area contributed by atoms with E-state index >= 15 is 0 Å². The minimum atomic E-state index is -3.85. The topological polar surface area (TPSA) is 68.7 Å². The largest absolute Gasteiger partial charge is 0.290 e. The van der Waals surface area contributed by atoms with Gasteiger partial charge in [-0.15, -0.1) is 0 Å². The maximum absolute atomic E-state index is 11.7. The van der Waals surface area contributed by atoms with E-state index in [0.717, 1.165) is 6.20 Å². The van der Waals surface area contributed by atoms with Crippen molar-refractivity contribution in [1.82, 2.24) is 9.62 Å². The number of halogens is 1. The lowest BCUT2D eigenvalue weighted by atomic mass is 10.5. The molecule has 0 unspecified atom stereocenters. The third-order valence-corrected chi connectivity index (χ3v) is 3.24. The molecule has 0 N–H and O–H groups in total. The van der Waals surface area contributed by atoms with E-state index in [2.05, 4.69) is 14.7 Å². The number of aromatic nitrogens is 1. The SMILES string of the molecule is CON(OC)S(=O)(=O)c1ccc(Cl)nc1. The van der Waals surface area contributed by atoms with Gasteiger partial charge in [-0.3, -0.25) is 9.68 Å². The maximum Gasteiger partial charge on any atom is 0.290 e. The third kappa shape index (κ3) is 2.64. The lowest BCUT2D eigenvalue weighted by Crippen LogP contribution is -2.29. The number of pyridine rings is 1. The van der Waals surface area contributed by atoms with Crippen LogP contribution in [0.3, 0.4) is 0 Å². The van der Waals surface area contributed by atoms with Crippen LogP contribution in [0.25, 0.3) is 0 Å². The van der Waals surface area contributed by atoms with E-state index in [1.54, 1.807) is 0 Å². The predicted molar refractivity (Wildman–Crippen MR) is 52.3 cm³/mol. The van der Waals surface area contributed by atoms with Crippen molar-refractivity contribution < 1.29 is 18.1 Å². The average Bonchev–Trinajstić information content (AvgIpc) is 2.19. The fraction of sp³-hybridized carbons (Fsp3) is 0.286. The smallest absolute Gasteiger partial charge is 0.264 e. The van der Waals surface area contributed by atoms with Gasteiger partial charge in [-0.2, -0.15) is 0 Å². The van der Waals surface area contributed by atoms with Gasteiger partial charge in [0.25, 0.3) is 10.0 Å². The van der Waals surface area contributed by atoms with Gasteiger partial charge in [0.2, 0.25) is 0 Å². The van der Waals surface area contributed by atoms with Crippen LogP contribution in [0.5, 0.6) is 0 Å². The van der Waals surface area contributed by atoms with Crippen LogP contribution < -0.4 is 0 Å². The normalized spacial score (nSPS) is 12.0. The molecular weight excluding hydrogens is 244 g/mol. The number of nitrogens with zero attached hydrogens (tertiary/aromatic N) is 2. The lowest BCUT2D eigenvalue weighted by Gasteiger charge is -2.15. The first-order valence-corrected chi connectivity index (χ1v) is 5.59. The Morgan fingerprint density at radius 1 is 1.33 bits per heavy atom. The quantitative estimate of drug-likeness (QED) is 0.587. The molecule has 1 aromatic rings.